The molecule has 164 valence electrons. The fourth-order valence-corrected chi connectivity index (χ4v) is 4.42. The molecule has 9 heteroatoms. The van der Waals surface area contributed by atoms with Crippen LogP contribution in [0.25, 0.3) is 0 Å². The summed E-state index contributed by atoms with van der Waals surface area (Å²) in [6, 6.07) is 8.38. The van der Waals surface area contributed by atoms with Crippen LogP contribution in [0.5, 0.6) is 11.5 Å². The summed E-state index contributed by atoms with van der Waals surface area (Å²) in [5.41, 5.74) is -0.351. The molecule has 2 aliphatic rings. The van der Waals surface area contributed by atoms with E-state index in [1.54, 1.807) is 25.1 Å². The van der Waals surface area contributed by atoms with E-state index in [9.17, 15) is 19.1 Å². The molecule has 8 nitrogen and oxygen atoms in total. The molecular formula is C22H24FN3O5. The van der Waals surface area contributed by atoms with Gasteiger partial charge in [0.25, 0.3) is 0 Å². The van der Waals surface area contributed by atoms with E-state index < -0.39 is 41.2 Å². The van der Waals surface area contributed by atoms with Gasteiger partial charge in [-0.2, -0.15) is 0 Å². The summed E-state index contributed by atoms with van der Waals surface area (Å²) in [5, 5.41) is 18.9. The Hall–Kier alpha value is -3.17. The van der Waals surface area contributed by atoms with Gasteiger partial charge < -0.3 is 25.2 Å². The van der Waals surface area contributed by atoms with Crippen LogP contribution in [0.1, 0.15) is 18.9 Å². The fourth-order valence-electron chi connectivity index (χ4n) is 4.42. The average Bonchev–Trinajstić information content (AvgIpc) is 3.28. The van der Waals surface area contributed by atoms with Crippen LogP contribution in [0.4, 0.5) is 15.8 Å². The Morgan fingerprint density at radius 2 is 2.03 bits per heavy atom. The summed E-state index contributed by atoms with van der Waals surface area (Å²) in [4.78, 5) is 26.6. The third-order valence-corrected chi connectivity index (χ3v) is 6.00. The SMILES string of the molecule is COc1ccc(OC)c(NC(=O)[C@@H]2C[C@H]([C@H](C)O)N[C@@]23C(=O)Nc2ccc(F)cc23)c1. The molecule has 1 fully saturated rings. The molecular weight excluding hydrogens is 405 g/mol. The quantitative estimate of drug-likeness (QED) is 0.579. The first-order valence-corrected chi connectivity index (χ1v) is 9.90. The Balaban J connectivity index is 1.75. The Bertz CT molecular complexity index is 1040. The lowest BCUT2D eigenvalue weighted by molar-refractivity contribution is -0.130. The fraction of sp³-hybridized carbons (Fsp3) is 0.364. The van der Waals surface area contributed by atoms with E-state index in [0.717, 1.165) is 0 Å². The number of halogens is 1. The third-order valence-electron chi connectivity index (χ3n) is 6.00. The van der Waals surface area contributed by atoms with Gasteiger partial charge in [0.05, 0.1) is 31.9 Å². The number of methoxy groups -OCH3 is 2. The van der Waals surface area contributed by atoms with Crippen LogP contribution in [0.15, 0.2) is 36.4 Å². The maximum absolute atomic E-state index is 14.1. The standard InChI is InChI=1S/C22H24FN3O5/c1-11(27)17-10-15(20(28)24-18-9-13(30-2)5-7-19(18)31-3)22(26-17)14-8-12(23)4-6-16(14)25-21(22)29/h4-9,11,15,17,26-27H,10H2,1-3H3,(H,24,28)(H,25,29)/t11-,15-,17+,22+/m0/s1. The summed E-state index contributed by atoms with van der Waals surface area (Å²) < 4.78 is 24.6. The maximum atomic E-state index is 14.1. The van der Waals surface area contributed by atoms with Gasteiger partial charge in [0.2, 0.25) is 11.8 Å². The van der Waals surface area contributed by atoms with Crippen molar-refractivity contribution in [1.82, 2.24) is 5.32 Å². The van der Waals surface area contributed by atoms with Crippen LogP contribution < -0.4 is 25.4 Å². The zero-order chi connectivity index (χ0) is 22.3. The Morgan fingerprint density at radius 3 is 2.71 bits per heavy atom. The summed E-state index contributed by atoms with van der Waals surface area (Å²) >= 11 is 0. The number of rotatable bonds is 5. The number of carbonyl (C=O) groups excluding carboxylic acids is 2. The number of aliphatic hydroxyl groups is 1. The number of nitrogens with one attached hydrogen (secondary N) is 3. The molecule has 0 aliphatic carbocycles. The number of benzene rings is 2. The van der Waals surface area contributed by atoms with Crippen LogP contribution >= 0.6 is 0 Å². The molecule has 4 N–H and O–H groups in total. The monoisotopic (exact) mass is 429 g/mol. The van der Waals surface area contributed by atoms with E-state index in [1.807, 2.05) is 0 Å². The molecule has 4 rings (SSSR count). The van der Waals surface area contributed by atoms with Crippen molar-refractivity contribution in [2.45, 2.75) is 31.0 Å². The van der Waals surface area contributed by atoms with Crippen LogP contribution in [-0.2, 0) is 15.1 Å². The molecule has 2 aliphatic heterocycles. The van der Waals surface area contributed by atoms with Crippen molar-refractivity contribution in [3.8, 4) is 11.5 Å². The van der Waals surface area contributed by atoms with Gasteiger partial charge in [-0.25, -0.2) is 4.39 Å². The van der Waals surface area contributed by atoms with E-state index in [4.69, 9.17) is 9.47 Å². The predicted octanol–water partition coefficient (Wildman–Crippen LogP) is 1.99. The molecule has 0 saturated carbocycles. The van der Waals surface area contributed by atoms with Gasteiger partial charge >= 0.3 is 0 Å². The second-order valence-corrected chi connectivity index (χ2v) is 7.79. The molecule has 0 aromatic heterocycles. The number of amides is 2. The van der Waals surface area contributed by atoms with Gasteiger partial charge in [-0.15, -0.1) is 0 Å². The highest BCUT2D eigenvalue weighted by Crippen LogP contribution is 2.48. The number of hydrogen-bond acceptors (Lipinski definition) is 6. The Kier molecular flexibility index (Phi) is 5.32. The summed E-state index contributed by atoms with van der Waals surface area (Å²) in [7, 11) is 2.98. The Labute approximate surface area is 178 Å². The zero-order valence-electron chi connectivity index (χ0n) is 17.4. The minimum Gasteiger partial charge on any atom is -0.497 e. The molecule has 31 heavy (non-hydrogen) atoms. The molecule has 1 saturated heterocycles. The van der Waals surface area contributed by atoms with Gasteiger partial charge in [-0.05, 0) is 43.7 Å². The molecule has 4 atom stereocenters. The van der Waals surface area contributed by atoms with Crippen LogP contribution in [-0.4, -0.2) is 43.3 Å². The smallest absolute Gasteiger partial charge is 0.250 e. The van der Waals surface area contributed by atoms with E-state index in [0.29, 0.717) is 28.4 Å². The molecule has 0 unspecified atom stereocenters. The third kappa shape index (κ3) is 3.39. The van der Waals surface area contributed by atoms with E-state index >= 15 is 0 Å². The highest BCUT2D eigenvalue weighted by molar-refractivity contribution is 6.10. The van der Waals surface area contributed by atoms with Crippen LogP contribution in [0, 0.1) is 11.7 Å². The minimum atomic E-state index is -1.50. The second-order valence-electron chi connectivity index (χ2n) is 7.79. The van der Waals surface area contributed by atoms with E-state index in [2.05, 4.69) is 16.0 Å². The van der Waals surface area contributed by atoms with Crippen molar-refractivity contribution in [3.63, 3.8) is 0 Å². The van der Waals surface area contributed by atoms with Crippen LogP contribution in [0.3, 0.4) is 0 Å². The first-order valence-electron chi connectivity index (χ1n) is 9.90. The highest BCUT2D eigenvalue weighted by atomic mass is 19.1. The predicted molar refractivity (Wildman–Crippen MR) is 112 cm³/mol. The van der Waals surface area contributed by atoms with Gasteiger partial charge in [-0.3, -0.25) is 14.9 Å². The second kappa shape index (κ2) is 7.82. The topological polar surface area (TPSA) is 109 Å². The van der Waals surface area contributed by atoms with E-state index in [-0.39, 0.29) is 6.42 Å². The van der Waals surface area contributed by atoms with Gasteiger partial charge in [-0.1, -0.05) is 0 Å². The average molecular weight is 429 g/mol. The number of ether oxygens (including phenoxy) is 2. The summed E-state index contributed by atoms with van der Waals surface area (Å²) in [6.45, 7) is 1.58. The summed E-state index contributed by atoms with van der Waals surface area (Å²) in [5.74, 6) is -1.42. The lowest BCUT2D eigenvalue weighted by Gasteiger charge is -2.29. The van der Waals surface area contributed by atoms with Gasteiger partial charge in [0, 0.05) is 23.4 Å². The number of aliphatic hydroxyl groups excluding tert-OH is 1. The Morgan fingerprint density at radius 1 is 1.26 bits per heavy atom. The van der Waals surface area contributed by atoms with Gasteiger partial charge in [0.1, 0.15) is 22.9 Å². The molecule has 2 aromatic carbocycles. The number of hydrogen-bond donors (Lipinski definition) is 4. The minimum absolute atomic E-state index is 0.180. The van der Waals surface area contributed by atoms with E-state index in [1.165, 1.54) is 32.4 Å². The molecule has 2 heterocycles. The molecule has 2 aromatic rings. The lowest BCUT2D eigenvalue weighted by Crippen LogP contribution is -2.53. The van der Waals surface area contributed by atoms with Crippen molar-refractivity contribution >= 4 is 23.2 Å². The van der Waals surface area contributed by atoms with Crippen molar-refractivity contribution in [3.05, 3.63) is 47.8 Å². The number of carbonyl (C=O) groups is 2. The van der Waals surface area contributed by atoms with Crippen molar-refractivity contribution in [2.75, 3.05) is 24.9 Å². The molecule has 2 amide bonds. The van der Waals surface area contributed by atoms with Gasteiger partial charge in [0.15, 0.2) is 0 Å². The normalized spacial score (nSPS) is 25.1. The number of fused-ring (bicyclic) bond motifs is 2. The van der Waals surface area contributed by atoms with Crippen LogP contribution in [0.2, 0.25) is 0 Å². The molecule has 0 bridgehead atoms. The molecule has 0 radical (unpaired) electrons. The van der Waals surface area contributed by atoms with Crippen molar-refractivity contribution in [1.29, 1.82) is 0 Å². The maximum Gasteiger partial charge on any atom is 0.250 e. The molecule has 1 spiro atoms. The lowest BCUT2D eigenvalue weighted by atomic mass is 9.79. The largest absolute Gasteiger partial charge is 0.497 e. The number of anilines is 2. The summed E-state index contributed by atoms with van der Waals surface area (Å²) in [6.07, 6.45) is -0.648. The first kappa shape index (κ1) is 21.1. The first-order chi connectivity index (χ1) is 14.8. The highest BCUT2D eigenvalue weighted by Gasteiger charge is 2.60. The zero-order valence-corrected chi connectivity index (χ0v) is 17.4. The van der Waals surface area contributed by atoms with Crippen molar-refractivity contribution < 1.29 is 28.6 Å². The van der Waals surface area contributed by atoms with Crippen molar-refractivity contribution in [2.24, 2.45) is 5.92 Å².